The summed E-state index contributed by atoms with van der Waals surface area (Å²) in [6, 6.07) is 5.05. The van der Waals surface area contributed by atoms with Gasteiger partial charge in [-0.2, -0.15) is 0 Å². The van der Waals surface area contributed by atoms with Gasteiger partial charge in [0.2, 0.25) is 0 Å². The summed E-state index contributed by atoms with van der Waals surface area (Å²) in [6.45, 7) is 5.80. The third-order valence-corrected chi connectivity index (χ3v) is 4.83. The number of nitrogens with zero attached hydrogens (tertiary/aromatic N) is 2. The van der Waals surface area contributed by atoms with Gasteiger partial charge in [-0.3, -0.25) is 0 Å². The first kappa shape index (κ1) is 13.5. The molecule has 0 aliphatic heterocycles. The molecule has 0 atom stereocenters. The summed E-state index contributed by atoms with van der Waals surface area (Å²) in [7, 11) is 0. The van der Waals surface area contributed by atoms with E-state index < -0.39 is 0 Å². The highest BCUT2D eigenvalue weighted by Gasteiger charge is 2.14. The average molecular weight is 307 g/mol. The number of aryl methyl sites for hydroxylation is 3. The van der Waals surface area contributed by atoms with E-state index in [4.69, 9.17) is 11.6 Å². The van der Waals surface area contributed by atoms with Crippen LogP contribution in [0, 0.1) is 26.6 Å². The number of fused-ring (bicyclic) bond motifs is 1. The summed E-state index contributed by atoms with van der Waals surface area (Å²) in [5.41, 5.74) is 2.27. The van der Waals surface area contributed by atoms with E-state index in [0.29, 0.717) is 27.4 Å². The molecule has 0 aliphatic carbocycles. The fourth-order valence-electron chi connectivity index (χ4n) is 2.06. The lowest BCUT2D eigenvalue weighted by Gasteiger charge is -2.06. The Morgan fingerprint density at radius 1 is 1.15 bits per heavy atom. The molecule has 0 amide bonds. The fourth-order valence-corrected chi connectivity index (χ4v) is 3.26. The molecule has 0 fully saturated rings. The van der Waals surface area contributed by atoms with E-state index in [1.807, 2.05) is 13.0 Å². The second kappa shape index (κ2) is 4.79. The van der Waals surface area contributed by atoms with E-state index in [0.717, 1.165) is 4.88 Å². The van der Waals surface area contributed by atoms with E-state index in [1.165, 1.54) is 16.5 Å². The molecular formula is C15H12ClFN2S. The van der Waals surface area contributed by atoms with Gasteiger partial charge in [0, 0.05) is 15.8 Å². The fraction of sp³-hybridized carbons (Fsp3) is 0.200. The standard InChI is InChI=1S/C15H12ClFN2S/c1-7-6-12(20-9(7)3)15-18-13-8(2)11(17)5-4-10(13)14(16)19-15/h4-6H,1-3H3. The van der Waals surface area contributed by atoms with Crippen molar-refractivity contribution in [2.24, 2.45) is 0 Å². The topological polar surface area (TPSA) is 25.8 Å². The zero-order chi connectivity index (χ0) is 14.4. The van der Waals surface area contributed by atoms with Gasteiger partial charge in [0.15, 0.2) is 5.82 Å². The third kappa shape index (κ3) is 2.09. The number of rotatable bonds is 1. The molecule has 0 bridgehead atoms. The highest BCUT2D eigenvalue weighted by molar-refractivity contribution is 7.15. The van der Waals surface area contributed by atoms with Crippen molar-refractivity contribution in [1.82, 2.24) is 9.97 Å². The van der Waals surface area contributed by atoms with Crippen LogP contribution >= 0.6 is 22.9 Å². The first-order valence-corrected chi connectivity index (χ1v) is 7.36. The summed E-state index contributed by atoms with van der Waals surface area (Å²) in [6.07, 6.45) is 0. The summed E-state index contributed by atoms with van der Waals surface area (Å²) in [5, 5.41) is 1.04. The quantitative estimate of drug-likeness (QED) is 0.586. The van der Waals surface area contributed by atoms with Gasteiger partial charge >= 0.3 is 0 Å². The molecule has 3 rings (SSSR count). The Bertz CT molecular complexity index is 807. The van der Waals surface area contributed by atoms with Crippen LogP contribution in [0.15, 0.2) is 18.2 Å². The highest BCUT2D eigenvalue weighted by Crippen LogP contribution is 2.32. The molecule has 0 spiro atoms. The SMILES string of the molecule is Cc1cc(-c2nc(Cl)c3ccc(F)c(C)c3n2)sc1C. The Balaban J connectivity index is 2.30. The maximum Gasteiger partial charge on any atom is 0.171 e. The second-order valence-electron chi connectivity index (χ2n) is 4.76. The molecule has 0 saturated heterocycles. The number of hydrogen-bond donors (Lipinski definition) is 0. The van der Waals surface area contributed by atoms with Gasteiger partial charge in [0.25, 0.3) is 0 Å². The summed E-state index contributed by atoms with van der Waals surface area (Å²) in [4.78, 5) is 11.0. The van der Waals surface area contributed by atoms with Crippen molar-refractivity contribution in [2.75, 3.05) is 0 Å². The zero-order valence-corrected chi connectivity index (χ0v) is 12.9. The predicted octanol–water partition coefficient (Wildman–Crippen LogP) is 5.08. The summed E-state index contributed by atoms with van der Waals surface area (Å²) < 4.78 is 13.7. The van der Waals surface area contributed by atoms with Crippen LogP contribution in [0.2, 0.25) is 5.15 Å². The smallest absolute Gasteiger partial charge is 0.171 e. The summed E-state index contributed by atoms with van der Waals surface area (Å²) in [5.74, 6) is 0.272. The van der Waals surface area contributed by atoms with E-state index in [2.05, 4.69) is 16.9 Å². The number of halogens is 2. The van der Waals surface area contributed by atoms with Crippen LogP contribution in [0.3, 0.4) is 0 Å². The largest absolute Gasteiger partial charge is 0.227 e. The molecule has 102 valence electrons. The molecule has 3 aromatic rings. The van der Waals surface area contributed by atoms with Gasteiger partial charge in [-0.05, 0) is 44.5 Å². The molecule has 2 heterocycles. The first-order valence-electron chi connectivity index (χ1n) is 6.17. The first-order chi connectivity index (χ1) is 9.47. The summed E-state index contributed by atoms with van der Waals surface area (Å²) >= 11 is 7.83. The van der Waals surface area contributed by atoms with Gasteiger partial charge in [0.1, 0.15) is 11.0 Å². The van der Waals surface area contributed by atoms with Gasteiger partial charge < -0.3 is 0 Å². The minimum atomic E-state index is -0.281. The molecule has 2 nitrogen and oxygen atoms in total. The maximum atomic E-state index is 13.7. The van der Waals surface area contributed by atoms with Gasteiger partial charge in [-0.15, -0.1) is 11.3 Å². The highest BCUT2D eigenvalue weighted by atomic mass is 35.5. The Kier molecular flexibility index (Phi) is 3.22. The van der Waals surface area contributed by atoms with Crippen LogP contribution in [0.1, 0.15) is 16.0 Å². The monoisotopic (exact) mass is 306 g/mol. The molecule has 0 radical (unpaired) electrons. The minimum absolute atomic E-state index is 0.281. The average Bonchev–Trinajstić information content (AvgIpc) is 2.74. The maximum absolute atomic E-state index is 13.7. The predicted molar refractivity (Wildman–Crippen MR) is 82.0 cm³/mol. The number of benzene rings is 1. The van der Waals surface area contributed by atoms with Gasteiger partial charge in [-0.25, -0.2) is 14.4 Å². The van der Waals surface area contributed by atoms with Crippen LogP contribution < -0.4 is 0 Å². The Hall–Kier alpha value is -1.52. The van der Waals surface area contributed by atoms with E-state index in [1.54, 1.807) is 24.3 Å². The molecular weight excluding hydrogens is 295 g/mol. The lowest BCUT2D eigenvalue weighted by atomic mass is 10.1. The minimum Gasteiger partial charge on any atom is -0.227 e. The number of thiophene rings is 1. The van der Waals surface area contributed by atoms with Crippen molar-refractivity contribution in [3.8, 4) is 10.7 Å². The van der Waals surface area contributed by atoms with Crippen LogP contribution in [-0.2, 0) is 0 Å². The number of aromatic nitrogens is 2. The van der Waals surface area contributed by atoms with Crippen molar-refractivity contribution in [2.45, 2.75) is 20.8 Å². The van der Waals surface area contributed by atoms with Crippen LogP contribution in [0.4, 0.5) is 4.39 Å². The van der Waals surface area contributed by atoms with E-state index >= 15 is 0 Å². The Morgan fingerprint density at radius 3 is 2.55 bits per heavy atom. The van der Waals surface area contributed by atoms with Crippen LogP contribution in [0.5, 0.6) is 0 Å². The zero-order valence-electron chi connectivity index (χ0n) is 11.3. The molecule has 2 aromatic heterocycles. The Morgan fingerprint density at radius 2 is 1.90 bits per heavy atom. The van der Waals surface area contributed by atoms with Crippen molar-refractivity contribution in [3.05, 3.63) is 45.2 Å². The van der Waals surface area contributed by atoms with E-state index in [-0.39, 0.29) is 5.82 Å². The molecule has 20 heavy (non-hydrogen) atoms. The normalized spacial score (nSPS) is 11.2. The van der Waals surface area contributed by atoms with Gasteiger partial charge in [0.05, 0.1) is 10.4 Å². The van der Waals surface area contributed by atoms with Crippen molar-refractivity contribution in [1.29, 1.82) is 0 Å². The molecule has 0 saturated carbocycles. The van der Waals surface area contributed by atoms with Gasteiger partial charge in [-0.1, -0.05) is 11.6 Å². The molecule has 0 unspecified atom stereocenters. The number of hydrogen-bond acceptors (Lipinski definition) is 3. The lowest BCUT2D eigenvalue weighted by molar-refractivity contribution is 0.620. The molecule has 1 aromatic carbocycles. The molecule has 5 heteroatoms. The molecule has 0 aliphatic rings. The van der Waals surface area contributed by atoms with Crippen molar-refractivity contribution in [3.63, 3.8) is 0 Å². The van der Waals surface area contributed by atoms with Crippen LogP contribution in [-0.4, -0.2) is 9.97 Å². The molecule has 0 N–H and O–H groups in total. The van der Waals surface area contributed by atoms with Crippen molar-refractivity contribution >= 4 is 33.8 Å². The van der Waals surface area contributed by atoms with Crippen LogP contribution in [0.25, 0.3) is 21.6 Å². The van der Waals surface area contributed by atoms with Crippen molar-refractivity contribution < 1.29 is 4.39 Å². The van der Waals surface area contributed by atoms with E-state index in [9.17, 15) is 4.39 Å². The second-order valence-corrected chi connectivity index (χ2v) is 6.37. The lowest BCUT2D eigenvalue weighted by Crippen LogP contribution is -1.94. The third-order valence-electron chi connectivity index (χ3n) is 3.40. The Labute approximate surface area is 125 Å².